The number of fused-ring (bicyclic) bond motifs is 1. The number of aliphatic hydroxyl groups is 1. The molecular weight excluding hydrogens is 687 g/mol. The molecule has 0 saturated carbocycles. The zero-order chi connectivity index (χ0) is 28.0. The van der Waals surface area contributed by atoms with E-state index in [1.807, 2.05) is 46.0 Å². The zero-order valence-corrected chi connectivity index (χ0v) is 26.3. The third kappa shape index (κ3) is 4.75. The van der Waals surface area contributed by atoms with Gasteiger partial charge in [-0.1, -0.05) is 63.4 Å². The van der Waals surface area contributed by atoms with E-state index in [9.17, 15) is 9.90 Å². The second kappa shape index (κ2) is 11.8. The van der Waals surface area contributed by atoms with Crippen molar-refractivity contribution in [3.05, 3.63) is 78.7 Å². The van der Waals surface area contributed by atoms with Gasteiger partial charge in [0.2, 0.25) is 0 Å². The molecule has 0 saturated heterocycles. The van der Waals surface area contributed by atoms with Gasteiger partial charge in [-0.15, -0.1) is 29.1 Å². The van der Waals surface area contributed by atoms with E-state index in [1.54, 1.807) is 0 Å². The smallest absolute Gasteiger partial charge is 0.162 e. The summed E-state index contributed by atoms with van der Waals surface area (Å²) in [5.74, 6) is 0.547. The molecule has 7 rings (SSSR count). The van der Waals surface area contributed by atoms with Gasteiger partial charge in [0.25, 0.3) is 0 Å². The first-order chi connectivity index (χ1) is 19.5. The van der Waals surface area contributed by atoms with Crippen LogP contribution in [-0.4, -0.2) is 15.9 Å². The van der Waals surface area contributed by atoms with E-state index in [0.29, 0.717) is 0 Å². The number of nitrogens with zero attached hydrogens (tertiary/aromatic N) is 1. The van der Waals surface area contributed by atoms with Crippen LogP contribution in [0.1, 0.15) is 53.4 Å². The first-order valence-corrected chi connectivity index (χ1v) is 14.4. The van der Waals surface area contributed by atoms with E-state index < -0.39 is 0 Å². The summed E-state index contributed by atoms with van der Waals surface area (Å²) in [7, 11) is 0. The van der Waals surface area contributed by atoms with Gasteiger partial charge in [-0.2, -0.15) is 0 Å². The number of carbonyl (C=O) groups excluding carboxylic acids is 1. The van der Waals surface area contributed by atoms with E-state index >= 15 is 0 Å². The summed E-state index contributed by atoms with van der Waals surface area (Å²) in [6.45, 7) is 8.07. The Bertz CT molecular complexity index is 1940. The van der Waals surface area contributed by atoms with Gasteiger partial charge in [0, 0.05) is 60.7 Å². The largest absolute Gasteiger partial charge is 0.512 e. The Morgan fingerprint density at radius 3 is 1.98 bits per heavy atom. The van der Waals surface area contributed by atoms with Crippen molar-refractivity contribution >= 4 is 60.0 Å². The summed E-state index contributed by atoms with van der Waals surface area (Å²) in [5.41, 5.74) is 3.86. The Kier molecular flexibility index (Phi) is 8.31. The van der Waals surface area contributed by atoms with Crippen LogP contribution >= 0.6 is 0 Å². The SMILES string of the molecule is CCC(CC)C(=O)/C=C(\O)C(CC)CC.[Ir].[c-]1ccc2ccc3ccc4ccc5oc6ccnc7c6c5c4c3c2c1-7. The van der Waals surface area contributed by atoms with Crippen LogP contribution in [0.15, 0.2) is 77.0 Å². The van der Waals surface area contributed by atoms with Gasteiger partial charge in [-0.25, -0.2) is 0 Å². The van der Waals surface area contributed by atoms with Gasteiger partial charge in [0.05, 0.1) is 5.76 Å². The molecule has 0 bridgehead atoms. The number of furan rings is 1. The van der Waals surface area contributed by atoms with Crippen molar-refractivity contribution < 1.29 is 34.4 Å². The van der Waals surface area contributed by atoms with Crippen LogP contribution in [0.3, 0.4) is 0 Å². The molecule has 1 radical (unpaired) electrons. The Labute approximate surface area is 253 Å². The summed E-state index contributed by atoms with van der Waals surface area (Å²) in [6, 6.07) is 22.6. The molecule has 0 fully saturated rings. The molecule has 2 aromatic heterocycles. The first kappa shape index (κ1) is 29.0. The second-order valence-corrected chi connectivity index (χ2v) is 10.7. The third-order valence-corrected chi connectivity index (χ3v) is 8.60. The van der Waals surface area contributed by atoms with Crippen molar-refractivity contribution in [2.75, 3.05) is 0 Å². The Balaban J connectivity index is 0.000000186. The van der Waals surface area contributed by atoms with Gasteiger partial charge >= 0.3 is 0 Å². The standard InChI is InChI=1S/C23H10NO.C13H24O2.Ir/c1-2-12-4-5-13-6-7-14-8-9-16-21-20(14)19(13)18(12)15(3-1)23-22(21)17(25-16)10-11-24-23;1-5-10(6-2)12(14)9-13(15)11(7-3)8-4;/h1-2,4-11H;9-11,14H,5-8H2,1-4H3;/q-1;;/b;12-9-;. The Morgan fingerprint density at radius 2 is 1.34 bits per heavy atom. The Hall–Kier alpha value is -3.53. The van der Waals surface area contributed by atoms with E-state index in [-0.39, 0.29) is 43.5 Å². The number of pyridine rings is 1. The van der Waals surface area contributed by atoms with E-state index in [1.165, 1.54) is 43.8 Å². The number of hydrogen-bond acceptors (Lipinski definition) is 4. The van der Waals surface area contributed by atoms with Crippen molar-refractivity contribution in [2.45, 2.75) is 53.4 Å². The molecule has 6 aromatic rings. The number of carbonyl (C=O) groups is 1. The number of allylic oxidation sites excluding steroid dienone is 2. The fourth-order valence-electron chi connectivity index (χ4n) is 6.30. The minimum Gasteiger partial charge on any atom is -0.512 e. The molecule has 0 atom stereocenters. The van der Waals surface area contributed by atoms with E-state index in [2.05, 4.69) is 48.5 Å². The molecule has 1 aliphatic carbocycles. The maximum atomic E-state index is 11.7. The van der Waals surface area contributed by atoms with Crippen molar-refractivity contribution in [1.82, 2.24) is 4.98 Å². The quantitative estimate of drug-likeness (QED) is 0.0771. The van der Waals surface area contributed by atoms with Gasteiger partial charge in [0.15, 0.2) is 5.78 Å². The molecule has 0 spiro atoms. The molecule has 41 heavy (non-hydrogen) atoms. The fraction of sp³-hybridized carbons (Fsp3) is 0.278. The second-order valence-electron chi connectivity index (χ2n) is 10.7. The zero-order valence-electron chi connectivity index (χ0n) is 23.9. The number of ketones is 1. The predicted molar refractivity (Wildman–Crippen MR) is 166 cm³/mol. The Morgan fingerprint density at radius 1 is 0.780 bits per heavy atom. The minimum absolute atomic E-state index is 0. The molecule has 4 aromatic carbocycles. The number of benzene rings is 4. The number of rotatable bonds is 7. The topological polar surface area (TPSA) is 63.3 Å². The number of hydrogen-bond donors (Lipinski definition) is 1. The first-order valence-electron chi connectivity index (χ1n) is 14.4. The van der Waals surface area contributed by atoms with Crippen LogP contribution in [-0.2, 0) is 24.9 Å². The molecule has 1 N–H and O–H groups in total. The third-order valence-electron chi connectivity index (χ3n) is 8.60. The van der Waals surface area contributed by atoms with Gasteiger partial charge in [-0.3, -0.25) is 4.79 Å². The molecular formula is C36H34IrNO3-. The van der Waals surface area contributed by atoms with Crippen LogP contribution in [0, 0.1) is 17.9 Å². The molecule has 0 unspecified atom stereocenters. The summed E-state index contributed by atoms with van der Waals surface area (Å²) in [5, 5.41) is 19.6. The molecule has 4 nitrogen and oxygen atoms in total. The fourth-order valence-corrected chi connectivity index (χ4v) is 6.30. The van der Waals surface area contributed by atoms with E-state index in [4.69, 9.17) is 9.40 Å². The molecule has 5 heteroatoms. The van der Waals surface area contributed by atoms with Crippen LogP contribution < -0.4 is 0 Å². The average molecular weight is 721 g/mol. The molecule has 2 heterocycles. The summed E-state index contributed by atoms with van der Waals surface area (Å²) >= 11 is 0. The number of aliphatic hydroxyl groups excluding tert-OH is 1. The summed E-state index contributed by atoms with van der Waals surface area (Å²) in [6.07, 6.45) is 6.74. The molecule has 211 valence electrons. The average Bonchev–Trinajstić information content (AvgIpc) is 3.30. The van der Waals surface area contributed by atoms with E-state index in [0.717, 1.165) is 53.5 Å². The molecule has 0 amide bonds. The summed E-state index contributed by atoms with van der Waals surface area (Å²) < 4.78 is 6.16. The molecule has 0 aliphatic heterocycles. The van der Waals surface area contributed by atoms with Gasteiger partial charge < -0.3 is 14.5 Å². The monoisotopic (exact) mass is 721 g/mol. The van der Waals surface area contributed by atoms with Crippen LogP contribution in [0.25, 0.3) is 65.5 Å². The maximum Gasteiger partial charge on any atom is 0.162 e. The van der Waals surface area contributed by atoms with Crippen LogP contribution in [0.4, 0.5) is 0 Å². The molecule has 1 aliphatic rings. The van der Waals surface area contributed by atoms with Gasteiger partial charge in [0.1, 0.15) is 11.2 Å². The van der Waals surface area contributed by atoms with Crippen molar-refractivity contribution in [3.8, 4) is 11.3 Å². The van der Waals surface area contributed by atoms with Crippen molar-refractivity contribution in [2.24, 2.45) is 11.8 Å². The van der Waals surface area contributed by atoms with Crippen molar-refractivity contribution in [3.63, 3.8) is 0 Å². The van der Waals surface area contributed by atoms with Gasteiger partial charge in [-0.05, 0) is 59.4 Å². The maximum absolute atomic E-state index is 11.7. The summed E-state index contributed by atoms with van der Waals surface area (Å²) in [4.78, 5) is 16.5. The van der Waals surface area contributed by atoms with Crippen LogP contribution in [0.2, 0.25) is 0 Å². The minimum atomic E-state index is 0. The van der Waals surface area contributed by atoms with Crippen molar-refractivity contribution in [1.29, 1.82) is 0 Å². The number of aromatic nitrogens is 1. The normalized spacial score (nSPS) is 12.4. The predicted octanol–water partition coefficient (Wildman–Crippen LogP) is 10.1. The van der Waals surface area contributed by atoms with Crippen LogP contribution in [0.5, 0.6) is 0 Å².